The Morgan fingerprint density at radius 3 is 2.59 bits per heavy atom. The highest BCUT2D eigenvalue weighted by atomic mass is 16.5. The number of fused-ring (bicyclic) bond motifs is 2. The molecule has 3 fully saturated rings. The van der Waals surface area contributed by atoms with Crippen molar-refractivity contribution in [2.24, 2.45) is 10.8 Å². The Bertz CT molecular complexity index is 660. The molecule has 2 bridgehead atoms. The number of aliphatic hydroxyl groups excluding tert-OH is 1. The van der Waals surface area contributed by atoms with Gasteiger partial charge in [-0.1, -0.05) is 13.8 Å². The molecule has 3 aliphatic rings. The van der Waals surface area contributed by atoms with E-state index in [4.69, 9.17) is 14.7 Å². The second kappa shape index (κ2) is 7.18. The minimum Gasteiger partial charge on any atom is -0.395 e. The molecule has 0 saturated carbocycles. The number of hydrogen-bond donors (Lipinski definition) is 2. The predicted octanol–water partition coefficient (Wildman–Crippen LogP) is 1.55. The van der Waals surface area contributed by atoms with E-state index in [-0.39, 0.29) is 17.4 Å². The molecule has 150 valence electrons. The molecule has 0 unspecified atom stereocenters. The number of nitrogens with one attached hydrogen (secondary N) is 1. The van der Waals surface area contributed by atoms with Gasteiger partial charge in [-0.2, -0.15) is 4.98 Å². The highest BCUT2D eigenvalue weighted by molar-refractivity contribution is 5.47. The van der Waals surface area contributed by atoms with Crippen LogP contribution in [-0.4, -0.2) is 79.6 Å². The fraction of sp³-hybridized carbons (Fsp3) is 0.800. The van der Waals surface area contributed by atoms with Crippen molar-refractivity contribution in [2.75, 3.05) is 69.8 Å². The van der Waals surface area contributed by atoms with Crippen molar-refractivity contribution in [3.8, 4) is 0 Å². The topological polar surface area (TPSA) is 73.8 Å². The number of hydrogen-bond acceptors (Lipinski definition) is 7. The molecule has 0 radical (unpaired) electrons. The van der Waals surface area contributed by atoms with Crippen molar-refractivity contribution in [2.45, 2.75) is 32.6 Å². The van der Waals surface area contributed by atoms with E-state index in [1.807, 2.05) is 0 Å². The Morgan fingerprint density at radius 1 is 1.22 bits per heavy atom. The summed E-state index contributed by atoms with van der Waals surface area (Å²) >= 11 is 0. The first kappa shape index (κ1) is 18.9. The lowest BCUT2D eigenvalue weighted by Gasteiger charge is -2.56. The van der Waals surface area contributed by atoms with Gasteiger partial charge < -0.3 is 25.0 Å². The van der Waals surface area contributed by atoms with Crippen LogP contribution >= 0.6 is 0 Å². The van der Waals surface area contributed by atoms with E-state index in [0.717, 1.165) is 57.3 Å². The molecule has 4 rings (SSSR count). The third kappa shape index (κ3) is 4.05. The van der Waals surface area contributed by atoms with Crippen LogP contribution < -0.4 is 10.2 Å². The van der Waals surface area contributed by atoms with Crippen LogP contribution in [0.1, 0.15) is 38.3 Å². The van der Waals surface area contributed by atoms with Gasteiger partial charge in [0, 0.05) is 51.3 Å². The number of aromatic nitrogens is 2. The van der Waals surface area contributed by atoms with Crippen molar-refractivity contribution in [1.82, 2.24) is 14.9 Å². The minimum absolute atomic E-state index is 0.0711. The quantitative estimate of drug-likeness (QED) is 0.809. The molecular formula is C20H33N5O2. The van der Waals surface area contributed by atoms with Crippen LogP contribution in [0.15, 0.2) is 6.07 Å². The highest BCUT2D eigenvalue weighted by Gasteiger charge is 2.48. The van der Waals surface area contributed by atoms with E-state index in [1.54, 1.807) is 0 Å². The number of likely N-dealkylation sites (tertiary alicyclic amines) is 1. The molecular weight excluding hydrogens is 342 g/mol. The zero-order valence-corrected chi connectivity index (χ0v) is 16.9. The molecule has 3 aliphatic heterocycles. The third-order valence-electron chi connectivity index (χ3n) is 6.10. The van der Waals surface area contributed by atoms with E-state index >= 15 is 0 Å². The van der Waals surface area contributed by atoms with Crippen LogP contribution in [0.2, 0.25) is 0 Å². The molecule has 7 heteroatoms. The van der Waals surface area contributed by atoms with E-state index in [1.165, 1.54) is 6.42 Å². The van der Waals surface area contributed by atoms with Gasteiger partial charge in [0.25, 0.3) is 0 Å². The Balaban J connectivity index is 1.64. The Labute approximate surface area is 162 Å². The first-order chi connectivity index (χ1) is 12.9. The Morgan fingerprint density at radius 2 is 1.96 bits per heavy atom. The first-order valence-corrected chi connectivity index (χ1v) is 10.1. The van der Waals surface area contributed by atoms with E-state index in [0.29, 0.717) is 18.4 Å². The van der Waals surface area contributed by atoms with Crippen LogP contribution in [-0.2, 0) is 4.74 Å². The molecule has 27 heavy (non-hydrogen) atoms. The molecule has 0 amide bonds. The Kier molecular flexibility index (Phi) is 5.03. The van der Waals surface area contributed by atoms with Crippen LogP contribution in [0, 0.1) is 10.8 Å². The molecule has 3 saturated heterocycles. The average molecular weight is 376 g/mol. The van der Waals surface area contributed by atoms with Crippen LogP contribution in [0.4, 0.5) is 11.8 Å². The second-order valence-corrected chi connectivity index (χ2v) is 9.51. The maximum absolute atomic E-state index is 9.17. The number of aliphatic hydroxyl groups is 1. The van der Waals surface area contributed by atoms with Gasteiger partial charge in [0.05, 0.1) is 18.9 Å². The maximum atomic E-state index is 9.17. The zero-order valence-electron chi connectivity index (χ0n) is 16.9. The summed E-state index contributed by atoms with van der Waals surface area (Å²) in [6, 6.07) is 2.17. The van der Waals surface area contributed by atoms with Gasteiger partial charge in [0.15, 0.2) is 0 Å². The lowest BCUT2D eigenvalue weighted by atomic mass is 9.65. The molecule has 1 aromatic heterocycles. The predicted molar refractivity (Wildman–Crippen MR) is 106 cm³/mol. The maximum Gasteiger partial charge on any atom is 0.224 e. The van der Waals surface area contributed by atoms with E-state index < -0.39 is 0 Å². The fourth-order valence-electron chi connectivity index (χ4n) is 5.69. The number of ether oxygens (including phenoxy) is 1. The van der Waals surface area contributed by atoms with Gasteiger partial charge in [0.2, 0.25) is 5.95 Å². The van der Waals surface area contributed by atoms with E-state index in [2.05, 4.69) is 42.1 Å². The van der Waals surface area contributed by atoms with Gasteiger partial charge in [-0.3, -0.25) is 0 Å². The van der Waals surface area contributed by atoms with Crippen molar-refractivity contribution in [3.05, 3.63) is 11.8 Å². The van der Waals surface area contributed by atoms with Gasteiger partial charge in [-0.25, -0.2) is 4.98 Å². The monoisotopic (exact) mass is 375 g/mol. The zero-order chi connectivity index (χ0) is 19.1. The summed E-state index contributed by atoms with van der Waals surface area (Å²) in [5, 5.41) is 12.3. The SMILES string of the molecule is CN1C[C@@]2(C)CN(c3cc([C@@H]4CCOC4)nc(NCCO)n3)C[C@@](C)(C1)C2. The van der Waals surface area contributed by atoms with Gasteiger partial charge in [-0.15, -0.1) is 0 Å². The van der Waals surface area contributed by atoms with Crippen molar-refractivity contribution in [1.29, 1.82) is 0 Å². The molecule has 4 heterocycles. The second-order valence-electron chi connectivity index (χ2n) is 9.51. The van der Waals surface area contributed by atoms with Crippen LogP contribution in [0.5, 0.6) is 0 Å². The summed E-state index contributed by atoms with van der Waals surface area (Å²) in [5.41, 5.74) is 1.61. The van der Waals surface area contributed by atoms with Gasteiger partial charge in [-0.05, 0) is 30.7 Å². The third-order valence-corrected chi connectivity index (χ3v) is 6.10. The molecule has 0 spiro atoms. The van der Waals surface area contributed by atoms with Gasteiger partial charge in [0.1, 0.15) is 5.82 Å². The molecule has 0 aliphatic carbocycles. The number of nitrogens with zero attached hydrogens (tertiary/aromatic N) is 4. The first-order valence-electron chi connectivity index (χ1n) is 10.1. The van der Waals surface area contributed by atoms with Crippen LogP contribution in [0.3, 0.4) is 0 Å². The number of anilines is 2. The van der Waals surface area contributed by atoms with Crippen molar-refractivity contribution in [3.63, 3.8) is 0 Å². The average Bonchev–Trinajstić information content (AvgIpc) is 3.11. The molecule has 0 aromatic carbocycles. The summed E-state index contributed by atoms with van der Waals surface area (Å²) in [7, 11) is 2.24. The normalized spacial score (nSPS) is 34.1. The lowest BCUT2D eigenvalue weighted by molar-refractivity contribution is 0.00506. The standard InChI is InChI=1S/C20H33N5O2/c1-19-10-20(2,12-24(3)11-19)14-25(13-19)17-8-16(15-4-7-27-9-15)22-18(23-17)21-5-6-26/h8,15,26H,4-7,9-14H2,1-3H3,(H,21,22,23)/t15-,19-,20+/m1/s1. The Hall–Kier alpha value is -1.44. The summed E-state index contributed by atoms with van der Waals surface area (Å²) < 4.78 is 5.58. The van der Waals surface area contributed by atoms with E-state index in [9.17, 15) is 5.11 Å². The highest BCUT2D eigenvalue weighted by Crippen LogP contribution is 2.46. The number of rotatable bonds is 5. The summed E-state index contributed by atoms with van der Waals surface area (Å²) in [5.74, 6) is 1.96. The largest absolute Gasteiger partial charge is 0.395 e. The minimum atomic E-state index is 0.0711. The van der Waals surface area contributed by atoms with Crippen LogP contribution in [0.25, 0.3) is 0 Å². The molecule has 1 aromatic rings. The lowest BCUT2D eigenvalue weighted by Crippen LogP contribution is -2.61. The molecule has 2 N–H and O–H groups in total. The number of piperidine rings is 2. The molecule has 7 nitrogen and oxygen atoms in total. The summed E-state index contributed by atoms with van der Waals surface area (Å²) in [6.07, 6.45) is 2.28. The fourth-order valence-corrected chi connectivity index (χ4v) is 5.69. The smallest absolute Gasteiger partial charge is 0.224 e. The van der Waals surface area contributed by atoms with Crippen molar-refractivity contribution < 1.29 is 9.84 Å². The summed E-state index contributed by atoms with van der Waals surface area (Å²) in [4.78, 5) is 14.5. The van der Waals surface area contributed by atoms with Gasteiger partial charge >= 0.3 is 0 Å². The summed E-state index contributed by atoms with van der Waals surface area (Å²) in [6.45, 7) is 11.2. The van der Waals surface area contributed by atoms with Crippen molar-refractivity contribution >= 4 is 11.8 Å². The molecule has 3 atom stereocenters.